The van der Waals surface area contributed by atoms with E-state index in [-0.39, 0.29) is 18.1 Å². The lowest BCUT2D eigenvalue weighted by Gasteiger charge is -2.43. The van der Waals surface area contributed by atoms with Gasteiger partial charge in [0.1, 0.15) is 0 Å². The Labute approximate surface area is 142 Å². The predicted octanol–water partition coefficient (Wildman–Crippen LogP) is 2.58. The van der Waals surface area contributed by atoms with Gasteiger partial charge in [-0.15, -0.1) is 0 Å². The van der Waals surface area contributed by atoms with Crippen LogP contribution in [-0.2, 0) is 16.0 Å². The van der Waals surface area contributed by atoms with Crippen LogP contribution in [0.5, 0.6) is 0 Å². The molecule has 1 aromatic carbocycles. The van der Waals surface area contributed by atoms with Crippen molar-refractivity contribution < 1.29 is 9.53 Å². The molecule has 0 spiro atoms. The maximum atomic E-state index is 12.8. The summed E-state index contributed by atoms with van der Waals surface area (Å²) in [5.74, 6) is 0.224. The van der Waals surface area contributed by atoms with Crippen molar-refractivity contribution in [3.8, 4) is 5.69 Å². The molecule has 1 aliphatic heterocycles. The topological polar surface area (TPSA) is 47.4 Å². The van der Waals surface area contributed by atoms with Crippen molar-refractivity contribution in [2.24, 2.45) is 0 Å². The fourth-order valence-corrected chi connectivity index (χ4v) is 3.87. The molecule has 4 rings (SSSR count). The molecule has 2 atom stereocenters. The Bertz CT molecular complexity index is 679. The lowest BCUT2D eigenvalue weighted by Crippen LogP contribution is -2.55. The smallest absolute Gasteiger partial charge is 0.227 e. The van der Waals surface area contributed by atoms with E-state index in [1.807, 2.05) is 41.2 Å². The average molecular weight is 325 g/mol. The van der Waals surface area contributed by atoms with Gasteiger partial charge in [0.2, 0.25) is 5.91 Å². The number of nitrogens with zero attached hydrogens (tertiary/aromatic N) is 3. The molecule has 2 heterocycles. The summed E-state index contributed by atoms with van der Waals surface area (Å²) in [7, 11) is 0. The molecule has 1 saturated heterocycles. The number of carbonyl (C=O) groups is 1. The standard InChI is InChI=1S/C19H23N3O2/c23-19(21-12-13-24-18-5-2-1-4-17(18)21)14-15-6-8-16(9-7-15)22-11-3-10-20-22/h3,6-11,17-18H,1-2,4-5,12-14H2/t17-,18+/m1/s1. The van der Waals surface area contributed by atoms with Crippen LogP contribution in [0, 0.1) is 0 Å². The summed E-state index contributed by atoms with van der Waals surface area (Å²) < 4.78 is 7.69. The molecule has 1 saturated carbocycles. The second-order valence-electron chi connectivity index (χ2n) is 6.64. The van der Waals surface area contributed by atoms with E-state index in [9.17, 15) is 4.79 Å². The molecule has 126 valence electrons. The molecule has 5 nitrogen and oxygen atoms in total. The number of benzene rings is 1. The summed E-state index contributed by atoms with van der Waals surface area (Å²) in [4.78, 5) is 14.9. The van der Waals surface area contributed by atoms with Crippen molar-refractivity contribution in [3.05, 3.63) is 48.3 Å². The Kier molecular flexibility index (Phi) is 4.34. The molecule has 0 bridgehead atoms. The molecule has 1 aliphatic carbocycles. The first-order valence-electron chi connectivity index (χ1n) is 8.81. The van der Waals surface area contributed by atoms with Crippen molar-refractivity contribution in [1.82, 2.24) is 14.7 Å². The van der Waals surface area contributed by atoms with Crippen LogP contribution in [0.4, 0.5) is 0 Å². The maximum absolute atomic E-state index is 12.8. The fraction of sp³-hybridized carbons (Fsp3) is 0.474. The van der Waals surface area contributed by atoms with E-state index in [1.54, 1.807) is 6.20 Å². The lowest BCUT2D eigenvalue weighted by molar-refractivity contribution is -0.148. The van der Waals surface area contributed by atoms with Crippen LogP contribution in [0.15, 0.2) is 42.7 Å². The highest BCUT2D eigenvalue weighted by molar-refractivity contribution is 5.79. The lowest BCUT2D eigenvalue weighted by atomic mass is 9.90. The first-order chi connectivity index (χ1) is 11.8. The second-order valence-corrected chi connectivity index (χ2v) is 6.64. The Balaban J connectivity index is 1.43. The predicted molar refractivity (Wildman–Crippen MR) is 91.0 cm³/mol. The number of amides is 1. The molecule has 0 radical (unpaired) electrons. The van der Waals surface area contributed by atoms with Crippen molar-refractivity contribution in [1.29, 1.82) is 0 Å². The van der Waals surface area contributed by atoms with Gasteiger partial charge >= 0.3 is 0 Å². The highest BCUT2D eigenvalue weighted by Crippen LogP contribution is 2.28. The minimum atomic E-state index is 0.224. The number of fused-ring (bicyclic) bond motifs is 1. The maximum Gasteiger partial charge on any atom is 0.227 e. The van der Waals surface area contributed by atoms with Gasteiger partial charge in [-0.25, -0.2) is 4.68 Å². The highest BCUT2D eigenvalue weighted by atomic mass is 16.5. The molecule has 1 amide bonds. The molecule has 2 fully saturated rings. The molecule has 1 aromatic heterocycles. The average Bonchev–Trinajstić information content (AvgIpc) is 3.16. The molecule has 0 N–H and O–H groups in total. The Morgan fingerprint density at radius 1 is 1.21 bits per heavy atom. The zero-order chi connectivity index (χ0) is 16.4. The van der Waals surface area contributed by atoms with E-state index in [1.165, 1.54) is 12.8 Å². The summed E-state index contributed by atoms with van der Waals surface area (Å²) in [6, 6.07) is 10.2. The van der Waals surface area contributed by atoms with Crippen molar-refractivity contribution in [2.45, 2.75) is 44.2 Å². The van der Waals surface area contributed by atoms with Crippen molar-refractivity contribution >= 4 is 5.91 Å². The molecule has 0 unspecified atom stereocenters. The van der Waals surface area contributed by atoms with Gasteiger partial charge < -0.3 is 9.64 Å². The van der Waals surface area contributed by atoms with Crippen LogP contribution in [0.3, 0.4) is 0 Å². The first-order valence-corrected chi connectivity index (χ1v) is 8.81. The van der Waals surface area contributed by atoms with Crippen LogP contribution in [0.25, 0.3) is 5.69 Å². The minimum absolute atomic E-state index is 0.224. The summed E-state index contributed by atoms with van der Waals surface area (Å²) in [6.07, 6.45) is 8.97. The largest absolute Gasteiger partial charge is 0.374 e. The molecular formula is C19H23N3O2. The van der Waals surface area contributed by atoms with Crippen molar-refractivity contribution in [2.75, 3.05) is 13.2 Å². The first kappa shape index (κ1) is 15.4. The molecule has 24 heavy (non-hydrogen) atoms. The van der Waals surface area contributed by atoms with Gasteiger partial charge in [0, 0.05) is 18.9 Å². The number of morpholine rings is 1. The third kappa shape index (κ3) is 3.08. The third-order valence-electron chi connectivity index (χ3n) is 5.11. The number of carbonyl (C=O) groups excluding carboxylic acids is 1. The Morgan fingerprint density at radius 3 is 2.83 bits per heavy atom. The number of rotatable bonds is 3. The summed E-state index contributed by atoms with van der Waals surface area (Å²) >= 11 is 0. The molecule has 2 aromatic rings. The third-order valence-corrected chi connectivity index (χ3v) is 5.11. The van der Waals surface area contributed by atoms with E-state index in [2.05, 4.69) is 10.00 Å². The summed E-state index contributed by atoms with van der Waals surface area (Å²) in [6.45, 7) is 1.40. The summed E-state index contributed by atoms with van der Waals surface area (Å²) in [5.41, 5.74) is 2.06. The minimum Gasteiger partial charge on any atom is -0.374 e. The van der Waals surface area contributed by atoms with Gasteiger partial charge in [-0.05, 0) is 36.6 Å². The van der Waals surface area contributed by atoms with Gasteiger partial charge in [0.25, 0.3) is 0 Å². The van der Waals surface area contributed by atoms with Crippen LogP contribution in [-0.4, -0.2) is 45.9 Å². The zero-order valence-electron chi connectivity index (χ0n) is 13.8. The number of aromatic nitrogens is 2. The quantitative estimate of drug-likeness (QED) is 0.871. The second kappa shape index (κ2) is 6.77. The van der Waals surface area contributed by atoms with Crippen LogP contribution in [0.2, 0.25) is 0 Å². The van der Waals surface area contributed by atoms with Crippen LogP contribution >= 0.6 is 0 Å². The van der Waals surface area contributed by atoms with Gasteiger partial charge in [-0.2, -0.15) is 5.10 Å². The summed E-state index contributed by atoms with van der Waals surface area (Å²) in [5, 5.41) is 4.22. The zero-order valence-corrected chi connectivity index (χ0v) is 13.8. The van der Waals surface area contributed by atoms with E-state index < -0.39 is 0 Å². The SMILES string of the molecule is O=C(Cc1ccc(-n2cccn2)cc1)N1CCO[C@H]2CCCC[C@H]21. The van der Waals surface area contributed by atoms with E-state index >= 15 is 0 Å². The number of ether oxygens (including phenoxy) is 1. The van der Waals surface area contributed by atoms with Crippen LogP contribution < -0.4 is 0 Å². The molecular weight excluding hydrogens is 302 g/mol. The normalized spacial score (nSPS) is 23.8. The molecule has 2 aliphatic rings. The Hall–Kier alpha value is -2.14. The van der Waals surface area contributed by atoms with E-state index in [4.69, 9.17) is 4.74 Å². The highest BCUT2D eigenvalue weighted by Gasteiger charge is 2.36. The number of hydrogen-bond acceptors (Lipinski definition) is 3. The monoisotopic (exact) mass is 325 g/mol. The van der Waals surface area contributed by atoms with Gasteiger partial charge in [-0.3, -0.25) is 4.79 Å². The van der Waals surface area contributed by atoms with Gasteiger partial charge in [-0.1, -0.05) is 25.0 Å². The van der Waals surface area contributed by atoms with Gasteiger partial charge in [0.05, 0.1) is 30.9 Å². The van der Waals surface area contributed by atoms with E-state index in [0.717, 1.165) is 30.6 Å². The van der Waals surface area contributed by atoms with Crippen molar-refractivity contribution in [3.63, 3.8) is 0 Å². The van der Waals surface area contributed by atoms with Gasteiger partial charge in [0.15, 0.2) is 0 Å². The number of hydrogen-bond donors (Lipinski definition) is 0. The van der Waals surface area contributed by atoms with Crippen LogP contribution in [0.1, 0.15) is 31.2 Å². The Morgan fingerprint density at radius 2 is 2.04 bits per heavy atom. The molecule has 5 heteroatoms. The van der Waals surface area contributed by atoms with E-state index in [0.29, 0.717) is 13.0 Å². The fourth-order valence-electron chi connectivity index (χ4n) is 3.87.